The van der Waals surface area contributed by atoms with E-state index in [1.807, 2.05) is 6.07 Å². The molecule has 2 heterocycles. The average Bonchev–Trinajstić information content (AvgIpc) is 3.29. The Kier molecular flexibility index (Phi) is 6.19. The number of aromatic carboxylic acids is 1. The van der Waals surface area contributed by atoms with E-state index in [4.69, 9.17) is 25.9 Å². The molecule has 1 atom stereocenters. The molecule has 0 saturated heterocycles. The van der Waals surface area contributed by atoms with E-state index in [-0.39, 0.29) is 22.8 Å². The van der Waals surface area contributed by atoms with Crippen LogP contribution in [0.3, 0.4) is 0 Å². The van der Waals surface area contributed by atoms with Crippen molar-refractivity contribution < 1.29 is 28.6 Å². The van der Waals surface area contributed by atoms with Crippen LogP contribution in [-0.2, 0) is 9.53 Å². The molecule has 0 aliphatic carbocycles. The second-order valence-corrected chi connectivity index (χ2v) is 7.52. The van der Waals surface area contributed by atoms with Crippen LogP contribution in [-0.4, -0.2) is 29.7 Å². The Labute approximate surface area is 193 Å². The van der Waals surface area contributed by atoms with E-state index in [0.717, 1.165) is 0 Å². The van der Waals surface area contributed by atoms with Crippen molar-refractivity contribution in [3.8, 4) is 11.3 Å². The Morgan fingerprint density at radius 2 is 1.85 bits per heavy atom. The van der Waals surface area contributed by atoms with Gasteiger partial charge in [-0.25, -0.2) is 14.4 Å². The quantitative estimate of drug-likeness (QED) is 0.456. The molecular formula is C24H19ClN2O6. The van der Waals surface area contributed by atoms with Gasteiger partial charge in [-0.05, 0) is 36.8 Å². The minimum Gasteiger partial charge on any atom is -0.478 e. The van der Waals surface area contributed by atoms with Crippen molar-refractivity contribution in [3.05, 3.63) is 88.1 Å². The van der Waals surface area contributed by atoms with Gasteiger partial charge < -0.3 is 24.9 Å². The number of hydrogen-bond acceptors (Lipinski definition) is 5. The highest BCUT2D eigenvalue weighted by molar-refractivity contribution is 6.33. The molecule has 0 radical (unpaired) electrons. The number of carboxylic acids is 1. The molecule has 0 unspecified atom stereocenters. The zero-order valence-corrected chi connectivity index (χ0v) is 18.2. The molecule has 2 amide bonds. The fourth-order valence-corrected chi connectivity index (χ4v) is 3.81. The number of esters is 1. The van der Waals surface area contributed by atoms with E-state index in [0.29, 0.717) is 28.3 Å². The molecule has 168 valence electrons. The number of carbonyl (C=O) groups excluding carboxylic acids is 2. The lowest BCUT2D eigenvalue weighted by molar-refractivity contribution is -0.138. The van der Waals surface area contributed by atoms with Crippen molar-refractivity contribution in [1.29, 1.82) is 0 Å². The number of ether oxygens (including phenoxy) is 1. The number of halogens is 1. The SMILES string of the molecule is CCOC(=O)C1=C(c2ccccc2)NC(=O)N[C@@H]1c1ccc(-c2ccc(C(=O)O)c(Cl)c2)o1. The van der Waals surface area contributed by atoms with E-state index >= 15 is 0 Å². The van der Waals surface area contributed by atoms with Crippen molar-refractivity contribution >= 4 is 35.3 Å². The van der Waals surface area contributed by atoms with E-state index in [9.17, 15) is 14.4 Å². The number of carbonyl (C=O) groups is 3. The fraction of sp³-hybridized carbons (Fsp3) is 0.125. The Morgan fingerprint density at radius 3 is 2.52 bits per heavy atom. The van der Waals surface area contributed by atoms with Gasteiger partial charge in [0.1, 0.15) is 17.6 Å². The predicted octanol–water partition coefficient (Wildman–Crippen LogP) is 4.63. The highest BCUT2D eigenvalue weighted by Crippen LogP contribution is 2.35. The molecule has 3 aromatic rings. The molecule has 2 aromatic carbocycles. The molecule has 1 aliphatic heterocycles. The number of amides is 2. The minimum absolute atomic E-state index is 0.0298. The number of rotatable bonds is 6. The molecule has 1 aliphatic rings. The number of hydrogen-bond donors (Lipinski definition) is 3. The Bertz CT molecular complexity index is 1260. The standard InChI is InChI=1S/C24H19ClN2O6/c1-2-32-23(30)19-20(13-6-4-3-5-7-13)26-24(31)27-21(19)18-11-10-17(33-18)14-8-9-15(22(28)29)16(25)12-14/h3-12,21H,2H2,1H3,(H,28,29)(H2,26,27,31)/t21-/m1/s1. The van der Waals surface area contributed by atoms with Gasteiger partial charge in [-0.15, -0.1) is 0 Å². The summed E-state index contributed by atoms with van der Waals surface area (Å²) in [7, 11) is 0. The van der Waals surface area contributed by atoms with Gasteiger partial charge in [0.05, 0.1) is 28.5 Å². The van der Waals surface area contributed by atoms with Gasteiger partial charge in [0.15, 0.2) is 0 Å². The Balaban J connectivity index is 1.78. The molecule has 8 nitrogen and oxygen atoms in total. The first-order valence-electron chi connectivity index (χ1n) is 10.1. The van der Waals surface area contributed by atoms with Gasteiger partial charge in [0, 0.05) is 5.56 Å². The van der Waals surface area contributed by atoms with Crippen LogP contribution in [0.2, 0.25) is 5.02 Å². The van der Waals surface area contributed by atoms with Crippen LogP contribution in [0.1, 0.15) is 34.6 Å². The minimum atomic E-state index is -1.14. The number of furan rings is 1. The third-order valence-electron chi connectivity index (χ3n) is 5.03. The van der Waals surface area contributed by atoms with Crippen LogP contribution < -0.4 is 10.6 Å². The summed E-state index contributed by atoms with van der Waals surface area (Å²) in [5.74, 6) is -1.04. The second-order valence-electron chi connectivity index (χ2n) is 7.11. The van der Waals surface area contributed by atoms with Gasteiger partial charge in [-0.1, -0.05) is 48.0 Å². The molecule has 3 N–H and O–H groups in total. The molecule has 0 spiro atoms. The third-order valence-corrected chi connectivity index (χ3v) is 5.34. The third kappa shape index (κ3) is 4.47. The molecule has 0 fully saturated rings. The van der Waals surface area contributed by atoms with E-state index in [1.54, 1.807) is 49.4 Å². The zero-order valence-electron chi connectivity index (χ0n) is 17.4. The summed E-state index contributed by atoms with van der Waals surface area (Å²) in [6.45, 7) is 1.85. The zero-order chi connectivity index (χ0) is 23.5. The Hall–Kier alpha value is -4.04. The Morgan fingerprint density at radius 1 is 1.09 bits per heavy atom. The summed E-state index contributed by atoms with van der Waals surface area (Å²) in [4.78, 5) is 36.6. The van der Waals surface area contributed by atoms with E-state index in [1.165, 1.54) is 12.1 Å². The molecular weight excluding hydrogens is 448 g/mol. The van der Waals surface area contributed by atoms with Crippen molar-refractivity contribution in [2.24, 2.45) is 0 Å². The highest BCUT2D eigenvalue weighted by Gasteiger charge is 2.36. The molecule has 33 heavy (non-hydrogen) atoms. The number of urea groups is 1. The lowest BCUT2D eigenvalue weighted by Crippen LogP contribution is -2.45. The maximum atomic E-state index is 12.9. The van der Waals surface area contributed by atoms with Crippen molar-refractivity contribution in [1.82, 2.24) is 10.6 Å². The molecule has 1 aromatic heterocycles. The van der Waals surface area contributed by atoms with E-state index in [2.05, 4.69) is 10.6 Å². The summed E-state index contributed by atoms with van der Waals surface area (Å²) in [5.41, 5.74) is 1.68. The maximum Gasteiger partial charge on any atom is 0.338 e. The van der Waals surface area contributed by atoms with Crippen LogP contribution in [0.25, 0.3) is 17.0 Å². The van der Waals surface area contributed by atoms with E-state index < -0.39 is 24.0 Å². The predicted molar refractivity (Wildman–Crippen MR) is 121 cm³/mol. The fourth-order valence-electron chi connectivity index (χ4n) is 3.54. The highest BCUT2D eigenvalue weighted by atomic mass is 35.5. The van der Waals surface area contributed by atoms with Gasteiger partial charge >= 0.3 is 18.0 Å². The van der Waals surface area contributed by atoms with Crippen LogP contribution >= 0.6 is 11.6 Å². The van der Waals surface area contributed by atoms with Crippen LogP contribution in [0.4, 0.5) is 4.79 Å². The van der Waals surface area contributed by atoms with Crippen LogP contribution in [0, 0.1) is 0 Å². The second kappa shape index (κ2) is 9.22. The first-order valence-corrected chi connectivity index (χ1v) is 10.4. The van der Waals surface area contributed by atoms with Crippen LogP contribution in [0.5, 0.6) is 0 Å². The summed E-state index contributed by atoms with van der Waals surface area (Å²) >= 11 is 6.08. The maximum absolute atomic E-state index is 12.9. The van der Waals surface area contributed by atoms with Crippen molar-refractivity contribution in [2.45, 2.75) is 13.0 Å². The van der Waals surface area contributed by atoms with Gasteiger partial charge in [0.25, 0.3) is 0 Å². The first kappa shape index (κ1) is 22.2. The summed E-state index contributed by atoms with van der Waals surface area (Å²) in [6, 6.07) is 15.3. The van der Waals surface area contributed by atoms with Gasteiger partial charge in [-0.3, -0.25) is 0 Å². The topological polar surface area (TPSA) is 118 Å². The first-order chi connectivity index (χ1) is 15.9. The number of nitrogens with one attached hydrogen (secondary N) is 2. The molecule has 0 bridgehead atoms. The normalized spacial score (nSPS) is 15.6. The van der Waals surface area contributed by atoms with Gasteiger partial charge in [0.2, 0.25) is 0 Å². The van der Waals surface area contributed by atoms with Gasteiger partial charge in [-0.2, -0.15) is 0 Å². The smallest absolute Gasteiger partial charge is 0.338 e. The average molecular weight is 467 g/mol. The number of benzene rings is 2. The molecule has 9 heteroatoms. The van der Waals surface area contributed by atoms with Crippen molar-refractivity contribution in [3.63, 3.8) is 0 Å². The number of carboxylic acid groups (broad SMARTS) is 1. The molecule has 0 saturated carbocycles. The monoisotopic (exact) mass is 466 g/mol. The lowest BCUT2D eigenvalue weighted by atomic mass is 9.96. The van der Waals surface area contributed by atoms with Crippen LogP contribution in [0.15, 0.2) is 70.7 Å². The lowest BCUT2D eigenvalue weighted by Gasteiger charge is -2.28. The largest absolute Gasteiger partial charge is 0.478 e. The summed E-state index contributed by atoms with van der Waals surface area (Å²) in [5, 5.41) is 14.6. The summed E-state index contributed by atoms with van der Waals surface area (Å²) < 4.78 is 11.2. The van der Waals surface area contributed by atoms with Crippen molar-refractivity contribution in [2.75, 3.05) is 6.61 Å². The summed E-state index contributed by atoms with van der Waals surface area (Å²) in [6.07, 6.45) is 0. The molecule has 4 rings (SSSR count).